The second kappa shape index (κ2) is 12.4. The molecule has 2 aromatic carbocycles. The molecule has 1 saturated heterocycles. The Morgan fingerprint density at radius 3 is 2.42 bits per heavy atom. The summed E-state index contributed by atoms with van der Waals surface area (Å²) in [4.78, 5) is 16.0. The minimum atomic E-state index is -4.71. The molecule has 3 rings (SSSR count). The molecular weight excluding hydrogens is 521 g/mol. The molecule has 1 aliphatic rings. The average molecular weight is 557 g/mol. The molecule has 0 unspecified atom stereocenters. The lowest BCUT2D eigenvalue weighted by Crippen LogP contribution is -2.39. The summed E-state index contributed by atoms with van der Waals surface area (Å²) in [6, 6.07) is 8.50. The van der Waals surface area contributed by atoms with Crippen LogP contribution in [0.5, 0.6) is 5.75 Å². The number of hydrogen-bond donors (Lipinski definition) is 0. The Labute approximate surface area is 222 Å². The van der Waals surface area contributed by atoms with Crippen LogP contribution in [0.1, 0.15) is 51.7 Å². The van der Waals surface area contributed by atoms with Crippen LogP contribution in [0.2, 0.25) is 0 Å². The molecule has 1 amide bonds. The van der Waals surface area contributed by atoms with Crippen molar-refractivity contribution in [2.24, 2.45) is 5.92 Å². The molecule has 0 spiro atoms. The zero-order valence-corrected chi connectivity index (χ0v) is 22.9. The number of benzene rings is 2. The van der Waals surface area contributed by atoms with Gasteiger partial charge in [0.25, 0.3) is 0 Å². The predicted molar refractivity (Wildman–Crippen MR) is 138 cm³/mol. The first kappa shape index (κ1) is 29.8. The first-order valence-corrected chi connectivity index (χ1v) is 14.2. The second-order valence-corrected chi connectivity index (χ2v) is 11.1. The Balaban J connectivity index is 2.01. The maximum absolute atomic E-state index is 13.2. The van der Waals surface area contributed by atoms with E-state index in [1.54, 1.807) is 30.9 Å². The van der Waals surface area contributed by atoms with Crippen molar-refractivity contribution in [3.63, 3.8) is 0 Å². The Bertz CT molecular complexity index is 1210. The second-order valence-electron chi connectivity index (χ2n) is 9.54. The van der Waals surface area contributed by atoms with Crippen molar-refractivity contribution in [1.82, 2.24) is 4.90 Å². The highest BCUT2D eigenvalue weighted by atomic mass is 32.2. The molecule has 0 aliphatic carbocycles. The van der Waals surface area contributed by atoms with Crippen LogP contribution in [0.15, 0.2) is 47.4 Å². The van der Waals surface area contributed by atoms with Crippen LogP contribution in [0.4, 0.5) is 18.9 Å². The van der Waals surface area contributed by atoms with E-state index in [0.717, 1.165) is 31.0 Å². The lowest BCUT2D eigenvalue weighted by molar-refractivity contribution is -0.138. The van der Waals surface area contributed by atoms with Crippen LogP contribution in [-0.2, 0) is 32.4 Å². The first-order valence-electron chi connectivity index (χ1n) is 12.8. The first-order chi connectivity index (χ1) is 17.9. The van der Waals surface area contributed by atoms with E-state index in [0.29, 0.717) is 43.6 Å². The highest BCUT2D eigenvalue weighted by Gasteiger charge is 2.32. The van der Waals surface area contributed by atoms with Crippen LogP contribution in [0, 0.1) is 5.92 Å². The number of amides is 1. The van der Waals surface area contributed by atoms with E-state index >= 15 is 0 Å². The van der Waals surface area contributed by atoms with Crippen LogP contribution in [0.25, 0.3) is 0 Å². The van der Waals surface area contributed by atoms with Crippen molar-refractivity contribution < 1.29 is 35.3 Å². The van der Waals surface area contributed by atoms with E-state index in [4.69, 9.17) is 8.92 Å². The molecule has 1 fully saturated rings. The van der Waals surface area contributed by atoms with Gasteiger partial charge >= 0.3 is 16.3 Å². The number of hydrogen-bond acceptors (Lipinski definition) is 6. The third kappa shape index (κ3) is 7.41. The van der Waals surface area contributed by atoms with Crippen LogP contribution in [-0.4, -0.2) is 51.6 Å². The van der Waals surface area contributed by atoms with Gasteiger partial charge < -0.3 is 18.7 Å². The Hall–Kier alpha value is -2.79. The number of halogens is 3. The topological polar surface area (TPSA) is 76.2 Å². The van der Waals surface area contributed by atoms with E-state index in [1.807, 2.05) is 24.8 Å². The summed E-state index contributed by atoms with van der Waals surface area (Å²) >= 11 is 0. The molecule has 1 heterocycles. The van der Waals surface area contributed by atoms with Gasteiger partial charge in [-0.05, 0) is 51.0 Å². The number of rotatable bonds is 11. The van der Waals surface area contributed by atoms with Crippen LogP contribution in [0.3, 0.4) is 0 Å². The predicted octanol–water partition coefficient (Wildman–Crippen LogP) is 5.48. The zero-order chi connectivity index (χ0) is 28.1. The van der Waals surface area contributed by atoms with Gasteiger partial charge in [0.2, 0.25) is 5.91 Å². The van der Waals surface area contributed by atoms with Gasteiger partial charge in [-0.25, -0.2) is 0 Å². The van der Waals surface area contributed by atoms with Gasteiger partial charge in [-0.3, -0.25) is 4.79 Å². The summed E-state index contributed by atoms with van der Waals surface area (Å²) in [6.45, 7) is 9.77. The van der Waals surface area contributed by atoms with Gasteiger partial charge in [0.1, 0.15) is 10.6 Å². The normalized spacial score (nSPS) is 16.1. The molecule has 7 nitrogen and oxygen atoms in total. The molecule has 1 atom stereocenters. The fourth-order valence-corrected chi connectivity index (χ4v) is 5.37. The van der Waals surface area contributed by atoms with Crippen molar-refractivity contribution in [2.45, 2.75) is 64.3 Å². The average Bonchev–Trinajstić information content (AvgIpc) is 3.38. The molecule has 0 bridgehead atoms. The summed E-state index contributed by atoms with van der Waals surface area (Å²) in [6.07, 6.45) is -3.11. The molecule has 0 saturated carbocycles. The zero-order valence-electron chi connectivity index (χ0n) is 22.1. The van der Waals surface area contributed by atoms with E-state index < -0.39 is 26.8 Å². The van der Waals surface area contributed by atoms with Gasteiger partial charge in [-0.1, -0.05) is 26.0 Å². The quantitative estimate of drug-likeness (QED) is 0.341. The summed E-state index contributed by atoms with van der Waals surface area (Å²) < 4.78 is 77.2. The van der Waals surface area contributed by atoms with Crippen molar-refractivity contribution >= 4 is 21.7 Å². The number of nitrogens with zero attached hydrogens (tertiary/aromatic N) is 2. The monoisotopic (exact) mass is 556 g/mol. The van der Waals surface area contributed by atoms with Gasteiger partial charge in [-0.2, -0.15) is 21.6 Å². The van der Waals surface area contributed by atoms with Crippen molar-refractivity contribution in [1.29, 1.82) is 0 Å². The molecule has 0 radical (unpaired) electrons. The molecule has 0 N–H and O–H groups in total. The Morgan fingerprint density at radius 1 is 1.13 bits per heavy atom. The van der Waals surface area contributed by atoms with Crippen molar-refractivity contribution in [3.05, 3.63) is 53.6 Å². The summed E-state index contributed by atoms with van der Waals surface area (Å²) in [7, 11) is -4.62. The molecule has 11 heteroatoms. The van der Waals surface area contributed by atoms with Gasteiger partial charge in [0.15, 0.2) is 0 Å². The summed E-state index contributed by atoms with van der Waals surface area (Å²) in [5.41, 5.74) is 0.0156. The molecule has 1 aliphatic heterocycles. The van der Waals surface area contributed by atoms with Gasteiger partial charge in [0.05, 0.1) is 11.7 Å². The van der Waals surface area contributed by atoms with Gasteiger partial charge in [-0.15, -0.1) is 0 Å². The summed E-state index contributed by atoms with van der Waals surface area (Å²) in [5.74, 6) is -0.467. The standard InChI is InChI=1S/C27H35F3N2O5S/c1-5-31(6-2)22-13-12-20(17-32(26(33)19(3)4)18-23-10-8-14-36-23)25(16-22)37-38(34,35)24-11-7-9-21(15-24)27(28,29)30/h7,9,11-13,15-16,19,23H,5-6,8,10,14,17-18H2,1-4H3/t23-/m0/s1. The molecule has 210 valence electrons. The molecule has 2 aromatic rings. The molecule has 38 heavy (non-hydrogen) atoms. The van der Waals surface area contributed by atoms with E-state index in [2.05, 4.69) is 0 Å². The molecule has 0 aromatic heterocycles. The molecular formula is C27H35F3N2O5S. The lowest BCUT2D eigenvalue weighted by atomic mass is 10.1. The minimum Gasteiger partial charge on any atom is -0.379 e. The SMILES string of the molecule is CCN(CC)c1ccc(CN(C[C@@H]2CCCO2)C(=O)C(C)C)c(OS(=O)(=O)c2cccc(C(F)(F)F)c2)c1. The van der Waals surface area contributed by atoms with E-state index in [1.165, 1.54) is 0 Å². The Morgan fingerprint density at radius 2 is 1.84 bits per heavy atom. The largest absolute Gasteiger partial charge is 0.416 e. The third-order valence-electron chi connectivity index (χ3n) is 6.44. The smallest absolute Gasteiger partial charge is 0.379 e. The van der Waals surface area contributed by atoms with Crippen LogP contribution < -0.4 is 9.08 Å². The summed E-state index contributed by atoms with van der Waals surface area (Å²) in [5, 5.41) is 0. The number of alkyl halides is 3. The van der Waals surface area contributed by atoms with Crippen molar-refractivity contribution in [2.75, 3.05) is 31.1 Å². The maximum atomic E-state index is 13.2. The number of ether oxygens (including phenoxy) is 1. The minimum absolute atomic E-state index is 0.0410. The van der Waals surface area contributed by atoms with Crippen LogP contribution >= 0.6 is 0 Å². The fourth-order valence-electron chi connectivity index (χ4n) is 4.37. The third-order valence-corrected chi connectivity index (χ3v) is 7.67. The Kier molecular flexibility index (Phi) is 9.69. The van der Waals surface area contributed by atoms with Crippen molar-refractivity contribution in [3.8, 4) is 5.75 Å². The van der Waals surface area contributed by atoms with E-state index in [-0.39, 0.29) is 30.2 Å². The number of anilines is 1. The lowest BCUT2D eigenvalue weighted by Gasteiger charge is -2.28. The highest BCUT2D eigenvalue weighted by Crippen LogP contribution is 2.33. The fraction of sp³-hybridized carbons (Fsp3) is 0.519. The highest BCUT2D eigenvalue weighted by molar-refractivity contribution is 7.87. The number of carbonyl (C=O) groups is 1. The number of carbonyl (C=O) groups excluding carboxylic acids is 1. The maximum Gasteiger partial charge on any atom is 0.416 e. The van der Waals surface area contributed by atoms with Gasteiger partial charge in [0, 0.05) is 56.0 Å². The van der Waals surface area contributed by atoms with E-state index in [9.17, 15) is 26.4 Å².